The fourth-order valence-electron chi connectivity index (χ4n) is 3.95. The van der Waals surface area contributed by atoms with Crippen molar-refractivity contribution in [2.24, 2.45) is 0 Å². The Bertz CT molecular complexity index is 1390. The summed E-state index contributed by atoms with van der Waals surface area (Å²) >= 11 is 0. The van der Waals surface area contributed by atoms with E-state index >= 15 is 0 Å². The van der Waals surface area contributed by atoms with Crippen molar-refractivity contribution in [3.63, 3.8) is 0 Å². The van der Waals surface area contributed by atoms with Crippen LogP contribution in [0.4, 0.5) is 18.9 Å². The molecule has 0 spiro atoms. The minimum absolute atomic E-state index is 0.0151. The van der Waals surface area contributed by atoms with Crippen LogP contribution in [0, 0.1) is 17.5 Å². The summed E-state index contributed by atoms with van der Waals surface area (Å²) < 4.78 is 41.4. The van der Waals surface area contributed by atoms with Crippen molar-refractivity contribution >= 4 is 17.5 Å². The summed E-state index contributed by atoms with van der Waals surface area (Å²) in [5, 5.41) is 0. The van der Waals surface area contributed by atoms with Crippen molar-refractivity contribution in [3.05, 3.63) is 137 Å². The molecule has 4 aromatic carbocycles. The minimum atomic E-state index is -0.983. The van der Waals surface area contributed by atoms with Gasteiger partial charge in [-0.05, 0) is 53.1 Å². The number of carbonyl (C=O) groups is 2. The van der Waals surface area contributed by atoms with Crippen LogP contribution in [0.15, 0.2) is 97.1 Å². The smallest absolute Gasteiger partial charge is 0.261 e. The first-order valence-electron chi connectivity index (χ1n) is 11.7. The lowest BCUT2D eigenvalue weighted by Gasteiger charge is -2.24. The Hall–Kier alpha value is -4.39. The van der Waals surface area contributed by atoms with Crippen LogP contribution >= 0.6 is 0 Å². The van der Waals surface area contributed by atoms with Gasteiger partial charge in [-0.1, -0.05) is 54.6 Å². The maximum absolute atomic E-state index is 14.5. The van der Waals surface area contributed by atoms with Crippen molar-refractivity contribution in [1.82, 2.24) is 4.90 Å². The average molecular weight is 503 g/mol. The number of halogens is 3. The van der Waals surface area contributed by atoms with E-state index in [-0.39, 0.29) is 24.4 Å². The van der Waals surface area contributed by atoms with E-state index in [1.165, 1.54) is 29.2 Å². The van der Waals surface area contributed by atoms with E-state index in [1.54, 1.807) is 36.2 Å². The lowest BCUT2D eigenvalue weighted by Crippen LogP contribution is -2.31. The number of likely N-dealkylation sites (N-methyl/N-ethyl adjacent to an activating group) is 1. The number of nitrogens with zero attached hydrogens (tertiary/aromatic N) is 2. The lowest BCUT2D eigenvalue weighted by molar-refractivity contribution is -0.129. The van der Waals surface area contributed by atoms with Gasteiger partial charge in [-0.15, -0.1) is 0 Å². The predicted molar refractivity (Wildman–Crippen MR) is 136 cm³/mol. The molecule has 4 aromatic rings. The molecule has 0 aromatic heterocycles. The van der Waals surface area contributed by atoms with E-state index in [2.05, 4.69) is 0 Å². The Morgan fingerprint density at radius 2 is 1.32 bits per heavy atom. The van der Waals surface area contributed by atoms with E-state index in [1.807, 2.05) is 30.3 Å². The van der Waals surface area contributed by atoms with Crippen molar-refractivity contribution in [1.29, 1.82) is 0 Å². The summed E-state index contributed by atoms with van der Waals surface area (Å²) in [6, 6.07) is 24.8. The second-order valence-corrected chi connectivity index (χ2v) is 8.72. The summed E-state index contributed by atoms with van der Waals surface area (Å²) in [6.07, 6.45) is 0.0979. The van der Waals surface area contributed by atoms with Crippen molar-refractivity contribution < 1.29 is 22.8 Å². The molecule has 0 N–H and O–H groups in total. The third-order valence-corrected chi connectivity index (χ3v) is 5.93. The number of amides is 2. The van der Waals surface area contributed by atoms with Gasteiger partial charge in [0.05, 0.1) is 18.5 Å². The lowest BCUT2D eigenvalue weighted by atomic mass is 10.1. The highest BCUT2D eigenvalue weighted by molar-refractivity contribution is 6.06. The van der Waals surface area contributed by atoms with Crippen LogP contribution in [0.5, 0.6) is 0 Å². The molecule has 0 unspecified atom stereocenters. The van der Waals surface area contributed by atoms with E-state index in [4.69, 9.17) is 0 Å². The highest BCUT2D eigenvalue weighted by atomic mass is 19.1. The zero-order chi connectivity index (χ0) is 26.4. The van der Waals surface area contributed by atoms with E-state index in [0.29, 0.717) is 29.4 Å². The van der Waals surface area contributed by atoms with E-state index in [9.17, 15) is 22.8 Å². The second-order valence-electron chi connectivity index (χ2n) is 8.72. The van der Waals surface area contributed by atoms with Gasteiger partial charge in [0.25, 0.3) is 5.91 Å². The molecule has 37 heavy (non-hydrogen) atoms. The number of hydrogen-bond donors (Lipinski definition) is 0. The maximum atomic E-state index is 14.5. The van der Waals surface area contributed by atoms with Crippen molar-refractivity contribution in [2.45, 2.75) is 19.5 Å². The molecule has 0 saturated heterocycles. The SMILES string of the molecule is CN(Cc1ccccc1)C(=O)Cc1cccc(N(Cc2ccc(F)cc2)C(=O)c2ccc(F)cc2F)c1. The molecule has 188 valence electrons. The summed E-state index contributed by atoms with van der Waals surface area (Å²) in [4.78, 5) is 29.2. The standard InChI is InChI=1S/C30H25F3N2O2/c1-34(19-21-6-3-2-4-7-21)29(36)17-23-8-5-9-26(16-23)35(20-22-10-12-24(31)13-11-22)30(37)27-15-14-25(32)18-28(27)33/h2-16,18H,17,19-20H2,1H3. The van der Waals surface area contributed by atoms with Gasteiger partial charge in [-0.3, -0.25) is 9.59 Å². The summed E-state index contributed by atoms with van der Waals surface area (Å²) in [6.45, 7) is 0.472. The van der Waals surface area contributed by atoms with Gasteiger partial charge in [0, 0.05) is 25.3 Å². The summed E-state index contributed by atoms with van der Waals surface area (Å²) in [5.74, 6) is -3.00. The monoisotopic (exact) mass is 502 g/mol. The molecule has 7 heteroatoms. The number of carbonyl (C=O) groups excluding carboxylic acids is 2. The van der Waals surface area contributed by atoms with Crippen molar-refractivity contribution in [2.75, 3.05) is 11.9 Å². The van der Waals surface area contributed by atoms with Crippen LogP contribution in [0.2, 0.25) is 0 Å². The zero-order valence-electron chi connectivity index (χ0n) is 20.2. The van der Waals surface area contributed by atoms with Gasteiger partial charge in [-0.25, -0.2) is 13.2 Å². The third kappa shape index (κ3) is 6.64. The van der Waals surface area contributed by atoms with Crippen LogP contribution in [0.25, 0.3) is 0 Å². The first-order chi connectivity index (χ1) is 17.8. The number of hydrogen-bond acceptors (Lipinski definition) is 2. The summed E-state index contributed by atoms with van der Waals surface area (Å²) in [7, 11) is 1.72. The first kappa shape index (κ1) is 25.7. The van der Waals surface area contributed by atoms with Gasteiger partial charge in [0.2, 0.25) is 5.91 Å². The Morgan fingerprint density at radius 1 is 0.676 bits per heavy atom. The molecule has 0 radical (unpaired) electrons. The molecular weight excluding hydrogens is 477 g/mol. The molecule has 0 fully saturated rings. The zero-order valence-corrected chi connectivity index (χ0v) is 20.2. The van der Waals surface area contributed by atoms with Gasteiger partial charge < -0.3 is 9.80 Å². The molecule has 0 atom stereocenters. The molecular formula is C30H25F3N2O2. The van der Waals surface area contributed by atoms with Gasteiger partial charge >= 0.3 is 0 Å². The van der Waals surface area contributed by atoms with Crippen LogP contribution in [-0.2, 0) is 24.3 Å². The van der Waals surface area contributed by atoms with Gasteiger partial charge in [0.1, 0.15) is 17.5 Å². The highest BCUT2D eigenvalue weighted by Crippen LogP contribution is 2.24. The largest absolute Gasteiger partial charge is 0.341 e. The van der Waals surface area contributed by atoms with Crippen LogP contribution in [0.3, 0.4) is 0 Å². The molecule has 2 amide bonds. The number of benzene rings is 4. The topological polar surface area (TPSA) is 40.6 Å². The van der Waals surface area contributed by atoms with Crippen molar-refractivity contribution in [3.8, 4) is 0 Å². The van der Waals surface area contributed by atoms with Crippen LogP contribution < -0.4 is 4.90 Å². The minimum Gasteiger partial charge on any atom is -0.341 e. The molecule has 0 heterocycles. The fraction of sp³-hybridized carbons (Fsp3) is 0.133. The Balaban J connectivity index is 1.60. The Labute approximate surface area is 213 Å². The van der Waals surface area contributed by atoms with Gasteiger partial charge in [-0.2, -0.15) is 0 Å². The number of anilines is 1. The van der Waals surface area contributed by atoms with E-state index < -0.39 is 23.4 Å². The molecule has 0 bridgehead atoms. The third-order valence-electron chi connectivity index (χ3n) is 5.93. The van der Waals surface area contributed by atoms with Crippen LogP contribution in [0.1, 0.15) is 27.0 Å². The number of rotatable bonds is 8. The molecule has 4 rings (SSSR count). The molecule has 0 aliphatic carbocycles. The maximum Gasteiger partial charge on any atom is 0.261 e. The molecule has 4 nitrogen and oxygen atoms in total. The van der Waals surface area contributed by atoms with Crippen LogP contribution in [-0.4, -0.2) is 23.8 Å². The van der Waals surface area contributed by atoms with Gasteiger partial charge in [0.15, 0.2) is 0 Å². The second kappa shape index (κ2) is 11.6. The normalized spacial score (nSPS) is 10.7. The first-order valence-corrected chi connectivity index (χ1v) is 11.7. The summed E-state index contributed by atoms with van der Waals surface area (Å²) in [5.41, 5.74) is 2.41. The highest BCUT2D eigenvalue weighted by Gasteiger charge is 2.22. The molecule has 0 aliphatic rings. The Kier molecular flexibility index (Phi) is 8.03. The molecule has 0 saturated carbocycles. The van der Waals surface area contributed by atoms with E-state index in [0.717, 1.165) is 17.7 Å². The Morgan fingerprint density at radius 3 is 2.03 bits per heavy atom. The fourth-order valence-corrected chi connectivity index (χ4v) is 3.95. The molecule has 0 aliphatic heterocycles. The average Bonchev–Trinajstić information content (AvgIpc) is 2.88. The predicted octanol–water partition coefficient (Wildman–Crippen LogP) is 6.15. The quantitative estimate of drug-likeness (QED) is 0.290.